The van der Waals surface area contributed by atoms with Crippen LogP contribution < -0.4 is 5.32 Å². The fourth-order valence-corrected chi connectivity index (χ4v) is 4.38. The van der Waals surface area contributed by atoms with Crippen molar-refractivity contribution in [2.75, 3.05) is 11.5 Å². The lowest BCUT2D eigenvalue weighted by atomic mass is 10.0. The number of hydrogen-bond acceptors (Lipinski definition) is 4. The van der Waals surface area contributed by atoms with E-state index in [0.29, 0.717) is 12.8 Å². The maximum absolute atomic E-state index is 12.2. The first-order valence-corrected chi connectivity index (χ1v) is 9.93. The van der Waals surface area contributed by atoms with Gasteiger partial charge in [-0.15, -0.1) is 0 Å². The fourth-order valence-electron chi connectivity index (χ4n) is 2.77. The standard InChI is InChI=1S/C18H23NO4S/c1-14(15-8-4-2-5-9-15)13-24(22,23)11-7-3-6-10-16-12-17(20)19-18(16)21/h2-6,8-9,14,16H,7,10-13H2,1H3,(H,19,20,21)/b6-3-/t14-,16?/m0/s1. The zero-order chi connectivity index (χ0) is 17.6. The van der Waals surface area contributed by atoms with Crippen LogP contribution in [0.15, 0.2) is 42.5 Å². The molecule has 0 bridgehead atoms. The topological polar surface area (TPSA) is 80.3 Å². The minimum atomic E-state index is -3.13. The summed E-state index contributed by atoms with van der Waals surface area (Å²) in [5, 5.41) is 2.26. The predicted octanol–water partition coefficient (Wildman–Crippen LogP) is 2.20. The molecule has 6 heteroatoms. The molecule has 1 N–H and O–H groups in total. The van der Waals surface area contributed by atoms with Crippen LogP contribution in [0.1, 0.15) is 37.7 Å². The molecule has 24 heavy (non-hydrogen) atoms. The van der Waals surface area contributed by atoms with Gasteiger partial charge in [-0.05, 0) is 24.3 Å². The minimum absolute atomic E-state index is 0.0339. The first kappa shape index (κ1) is 18.4. The van der Waals surface area contributed by atoms with E-state index in [1.165, 1.54) is 0 Å². The van der Waals surface area contributed by atoms with Crippen LogP contribution in [-0.4, -0.2) is 31.7 Å². The van der Waals surface area contributed by atoms with E-state index in [1.54, 1.807) is 12.2 Å². The van der Waals surface area contributed by atoms with Crippen LogP contribution in [0, 0.1) is 5.92 Å². The number of benzene rings is 1. The SMILES string of the molecule is C[C@@H](CS(=O)(=O)CC/C=C\CC1CC(=O)NC1=O)c1ccccc1. The van der Waals surface area contributed by atoms with E-state index < -0.39 is 9.84 Å². The third-order valence-corrected chi connectivity index (χ3v) is 5.99. The third-order valence-electron chi connectivity index (χ3n) is 4.12. The molecule has 0 radical (unpaired) electrons. The highest BCUT2D eigenvalue weighted by atomic mass is 32.2. The van der Waals surface area contributed by atoms with E-state index in [-0.39, 0.29) is 41.6 Å². The molecule has 2 rings (SSSR count). The molecule has 1 aromatic rings. The molecule has 1 aromatic carbocycles. The van der Waals surface area contributed by atoms with Crippen LogP contribution in [0.3, 0.4) is 0 Å². The van der Waals surface area contributed by atoms with Crippen LogP contribution in [-0.2, 0) is 19.4 Å². The summed E-state index contributed by atoms with van der Waals surface area (Å²) in [6.45, 7) is 1.92. The third kappa shape index (κ3) is 5.60. The van der Waals surface area contributed by atoms with Gasteiger partial charge < -0.3 is 0 Å². The highest BCUT2D eigenvalue weighted by Gasteiger charge is 2.29. The lowest BCUT2D eigenvalue weighted by molar-refractivity contribution is -0.125. The molecule has 1 fully saturated rings. The van der Waals surface area contributed by atoms with Crippen molar-refractivity contribution in [3.63, 3.8) is 0 Å². The Morgan fingerprint density at radius 1 is 1.21 bits per heavy atom. The molecule has 0 aromatic heterocycles. The normalized spacial score (nSPS) is 19.6. The van der Waals surface area contributed by atoms with E-state index in [0.717, 1.165) is 5.56 Å². The molecule has 1 unspecified atom stereocenters. The first-order chi connectivity index (χ1) is 11.4. The van der Waals surface area contributed by atoms with Gasteiger partial charge in [-0.3, -0.25) is 14.9 Å². The predicted molar refractivity (Wildman–Crippen MR) is 93.1 cm³/mol. The van der Waals surface area contributed by atoms with E-state index in [9.17, 15) is 18.0 Å². The Morgan fingerprint density at radius 3 is 2.54 bits per heavy atom. The van der Waals surface area contributed by atoms with E-state index in [4.69, 9.17) is 0 Å². The summed E-state index contributed by atoms with van der Waals surface area (Å²) in [4.78, 5) is 22.5. The number of amides is 2. The second kappa shape index (κ2) is 8.24. The van der Waals surface area contributed by atoms with Gasteiger partial charge >= 0.3 is 0 Å². The summed E-state index contributed by atoms with van der Waals surface area (Å²) in [5.74, 6) is -0.609. The number of carbonyl (C=O) groups is 2. The zero-order valence-electron chi connectivity index (χ0n) is 13.8. The molecule has 5 nitrogen and oxygen atoms in total. The van der Waals surface area contributed by atoms with Crippen molar-refractivity contribution in [2.24, 2.45) is 5.92 Å². The largest absolute Gasteiger partial charge is 0.296 e. The average molecular weight is 349 g/mol. The van der Waals surface area contributed by atoms with Gasteiger partial charge in [0.1, 0.15) is 0 Å². The Bertz CT molecular complexity index is 710. The van der Waals surface area contributed by atoms with Crippen molar-refractivity contribution in [3.8, 4) is 0 Å². The van der Waals surface area contributed by atoms with E-state index in [2.05, 4.69) is 5.32 Å². The molecule has 1 heterocycles. The molecule has 0 spiro atoms. The van der Waals surface area contributed by atoms with Crippen molar-refractivity contribution in [1.29, 1.82) is 0 Å². The maximum atomic E-state index is 12.2. The summed E-state index contributed by atoms with van der Waals surface area (Å²) >= 11 is 0. The number of allylic oxidation sites excluding steroid dienone is 2. The number of hydrogen-bond donors (Lipinski definition) is 1. The Balaban J connectivity index is 1.75. The molecule has 2 amide bonds. The van der Waals surface area contributed by atoms with Gasteiger partial charge in [-0.1, -0.05) is 49.4 Å². The molecule has 1 saturated heterocycles. The van der Waals surface area contributed by atoms with E-state index >= 15 is 0 Å². The molecule has 0 aliphatic carbocycles. The van der Waals surface area contributed by atoms with Crippen molar-refractivity contribution in [3.05, 3.63) is 48.0 Å². The number of nitrogens with one attached hydrogen (secondary N) is 1. The summed E-state index contributed by atoms with van der Waals surface area (Å²) in [5.41, 5.74) is 1.02. The van der Waals surface area contributed by atoms with Crippen LogP contribution >= 0.6 is 0 Å². The highest BCUT2D eigenvalue weighted by molar-refractivity contribution is 7.91. The van der Waals surface area contributed by atoms with Gasteiger partial charge in [0.05, 0.1) is 17.4 Å². The van der Waals surface area contributed by atoms with Crippen molar-refractivity contribution in [1.82, 2.24) is 5.32 Å². The number of sulfone groups is 1. The van der Waals surface area contributed by atoms with Gasteiger partial charge in [-0.2, -0.15) is 0 Å². The molecule has 0 saturated carbocycles. The van der Waals surface area contributed by atoms with Gasteiger partial charge in [0, 0.05) is 6.42 Å². The number of rotatable bonds is 8. The number of carbonyl (C=O) groups excluding carboxylic acids is 2. The monoisotopic (exact) mass is 349 g/mol. The second-order valence-corrected chi connectivity index (χ2v) is 8.46. The van der Waals surface area contributed by atoms with Crippen LogP contribution in [0.5, 0.6) is 0 Å². The Labute approximate surface area is 143 Å². The fraction of sp³-hybridized carbons (Fsp3) is 0.444. The van der Waals surface area contributed by atoms with Gasteiger partial charge in [-0.25, -0.2) is 8.42 Å². The molecular weight excluding hydrogens is 326 g/mol. The summed E-state index contributed by atoms with van der Waals surface area (Å²) in [6, 6.07) is 9.60. The summed E-state index contributed by atoms with van der Waals surface area (Å²) in [7, 11) is -3.13. The lowest BCUT2D eigenvalue weighted by Crippen LogP contribution is -2.21. The second-order valence-electron chi connectivity index (χ2n) is 6.24. The molecule has 1 aliphatic heterocycles. The zero-order valence-corrected chi connectivity index (χ0v) is 14.6. The van der Waals surface area contributed by atoms with Crippen molar-refractivity contribution < 1.29 is 18.0 Å². The smallest absolute Gasteiger partial charge is 0.230 e. The van der Waals surface area contributed by atoms with Crippen molar-refractivity contribution in [2.45, 2.75) is 32.1 Å². The highest BCUT2D eigenvalue weighted by Crippen LogP contribution is 2.18. The number of imide groups is 1. The van der Waals surface area contributed by atoms with Gasteiger partial charge in [0.15, 0.2) is 9.84 Å². The first-order valence-electron chi connectivity index (χ1n) is 8.11. The van der Waals surface area contributed by atoms with Gasteiger partial charge in [0.2, 0.25) is 11.8 Å². The van der Waals surface area contributed by atoms with Crippen LogP contribution in [0.4, 0.5) is 0 Å². The Morgan fingerprint density at radius 2 is 1.92 bits per heavy atom. The lowest BCUT2D eigenvalue weighted by Gasteiger charge is -2.11. The minimum Gasteiger partial charge on any atom is -0.296 e. The van der Waals surface area contributed by atoms with Crippen molar-refractivity contribution >= 4 is 21.7 Å². The maximum Gasteiger partial charge on any atom is 0.230 e. The van der Waals surface area contributed by atoms with Gasteiger partial charge in [0.25, 0.3) is 0 Å². The summed E-state index contributed by atoms with van der Waals surface area (Å²) in [6.07, 6.45) is 4.68. The Kier molecular flexibility index (Phi) is 6.31. The summed E-state index contributed by atoms with van der Waals surface area (Å²) < 4.78 is 24.4. The molecular formula is C18H23NO4S. The quantitative estimate of drug-likeness (QED) is 0.576. The Hall–Kier alpha value is -1.95. The van der Waals surface area contributed by atoms with Crippen LogP contribution in [0.25, 0.3) is 0 Å². The van der Waals surface area contributed by atoms with E-state index in [1.807, 2.05) is 37.3 Å². The molecule has 1 aliphatic rings. The van der Waals surface area contributed by atoms with Crippen LogP contribution in [0.2, 0.25) is 0 Å². The molecule has 130 valence electrons. The average Bonchev–Trinajstić information content (AvgIpc) is 2.85. The molecule has 2 atom stereocenters.